The zero-order valence-corrected chi connectivity index (χ0v) is 13.4. The highest BCUT2D eigenvalue weighted by Gasteiger charge is 2.03. The van der Waals surface area contributed by atoms with Crippen molar-refractivity contribution in [1.82, 2.24) is 0 Å². The number of unbranched alkanes of at least 4 members (excludes halogenated alkanes) is 6. The fourth-order valence-electron chi connectivity index (χ4n) is 1.99. The molecule has 0 saturated heterocycles. The van der Waals surface area contributed by atoms with Crippen LogP contribution in [-0.4, -0.2) is 26.9 Å². The van der Waals surface area contributed by atoms with Gasteiger partial charge in [-0.3, -0.25) is 0 Å². The maximum atomic E-state index is 10.7. The third kappa shape index (κ3) is 15.8. The molecule has 0 amide bonds. The summed E-state index contributed by atoms with van der Waals surface area (Å²) in [6.07, 6.45) is 10.2. The van der Waals surface area contributed by atoms with Crippen molar-refractivity contribution in [3.8, 4) is 0 Å². The molecule has 0 spiro atoms. The number of rotatable bonds is 13. The fourth-order valence-corrected chi connectivity index (χ4v) is 2.59. The molecule has 0 aliphatic rings. The van der Waals surface area contributed by atoms with E-state index in [9.17, 15) is 8.42 Å². The molecular weight excluding hydrogens is 262 g/mol. The molecule has 19 heavy (non-hydrogen) atoms. The lowest BCUT2D eigenvalue weighted by molar-refractivity contribution is 0.0558. The van der Waals surface area contributed by atoms with E-state index in [-0.39, 0.29) is 5.75 Å². The Labute approximate surface area is 119 Å². The molecule has 2 N–H and O–H groups in total. The number of primary sulfonamides is 1. The Kier molecular flexibility index (Phi) is 11.6. The van der Waals surface area contributed by atoms with Crippen LogP contribution in [0.5, 0.6) is 0 Å². The van der Waals surface area contributed by atoms with Gasteiger partial charge in [0.25, 0.3) is 0 Å². The zero-order valence-electron chi connectivity index (χ0n) is 12.6. The van der Waals surface area contributed by atoms with E-state index in [0.29, 0.717) is 12.5 Å². The second kappa shape index (κ2) is 11.7. The third-order valence-corrected chi connectivity index (χ3v) is 4.05. The van der Waals surface area contributed by atoms with Crippen LogP contribution in [0.1, 0.15) is 71.6 Å². The van der Waals surface area contributed by atoms with Crippen LogP contribution in [0, 0.1) is 0 Å². The van der Waals surface area contributed by atoms with Gasteiger partial charge >= 0.3 is 0 Å². The van der Waals surface area contributed by atoms with Crippen molar-refractivity contribution in [3.63, 3.8) is 0 Å². The highest BCUT2D eigenvalue weighted by atomic mass is 32.2. The van der Waals surface area contributed by atoms with Gasteiger partial charge in [0.2, 0.25) is 10.0 Å². The molecule has 0 heterocycles. The second-order valence-electron chi connectivity index (χ2n) is 5.31. The molecule has 116 valence electrons. The molecule has 0 aliphatic heterocycles. The molecule has 0 radical (unpaired) electrons. The first-order valence-electron chi connectivity index (χ1n) is 7.57. The van der Waals surface area contributed by atoms with E-state index in [1.807, 2.05) is 0 Å². The largest absolute Gasteiger partial charge is 0.379 e. The van der Waals surface area contributed by atoms with E-state index in [0.717, 1.165) is 32.3 Å². The van der Waals surface area contributed by atoms with Crippen LogP contribution in [0.2, 0.25) is 0 Å². The molecule has 0 bridgehead atoms. The summed E-state index contributed by atoms with van der Waals surface area (Å²) in [6, 6.07) is 0. The first-order valence-corrected chi connectivity index (χ1v) is 9.29. The van der Waals surface area contributed by atoms with Crippen molar-refractivity contribution in [2.24, 2.45) is 5.14 Å². The first-order chi connectivity index (χ1) is 8.95. The van der Waals surface area contributed by atoms with Gasteiger partial charge in [-0.25, -0.2) is 13.6 Å². The summed E-state index contributed by atoms with van der Waals surface area (Å²) >= 11 is 0. The molecule has 4 nitrogen and oxygen atoms in total. The van der Waals surface area contributed by atoms with Gasteiger partial charge in [0, 0.05) is 6.61 Å². The van der Waals surface area contributed by atoms with E-state index >= 15 is 0 Å². The third-order valence-electron chi connectivity index (χ3n) is 3.19. The molecular formula is C14H31NO3S. The molecule has 5 heteroatoms. The van der Waals surface area contributed by atoms with Crippen molar-refractivity contribution in [3.05, 3.63) is 0 Å². The predicted molar refractivity (Wildman–Crippen MR) is 80.6 cm³/mol. The summed E-state index contributed by atoms with van der Waals surface area (Å²) in [5.74, 6) is 0.0989. The van der Waals surface area contributed by atoms with E-state index in [1.54, 1.807) is 0 Å². The Morgan fingerprint density at radius 3 is 2.26 bits per heavy atom. The average molecular weight is 293 g/mol. The molecule has 0 aromatic rings. The quantitative estimate of drug-likeness (QED) is 0.530. The van der Waals surface area contributed by atoms with Gasteiger partial charge in [0.1, 0.15) is 0 Å². The van der Waals surface area contributed by atoms with Crippen LogP contribution < -0.4 is 5.14 Å². The van der Waals surface area contributed by atoms with E-state index in [2.05, 4.69) is 13.8 Å². The van der Waals surface area contributed by atoms with Gasteiger partial charge in [0.15, 0.2) is 0 Å². The minimum Gasteiger partial charge on any atom is -0.379 e. The number of nitrogens with two attached hydrogens (primary N) is 1. The van der Waals surface area contributed by atoms with Crippen LogP contribution >= 0.6 is 0 Å². The lowest BCUT2D eigenvalue weighted by Crippen LogP contribution is -2.16. The van der Waals surface area contributed by atoms with Crippen LogP contribution in [0.15, 0.2) is 0 Å². The number of sulfonamides is 1. The molecule has 1 unspecified atom stereocenters. The first kappa shape index (κ1) is 18.9. The highest BCUT2D eigenvalue weighted by Crippen LogP contribution is 2.09. The van der Waals surface area contributed by atoms with Crippen LogP contribution in [0.3, 0.4) is 0 Å². The van der Waals surface area contributed by atoms with Gasteiger partial charge in [-0.2, -0.15) is 0 Å². The molecule has 0 aromatic heterocycles. The molecule has 0 fully saturated rings. The number of hydrogen-bond donors (Lipinski definition) is 1. The van der Waals surface area contributed by atoms with Crippen molar-refractivity contribution in [2.45, 2.75) is 77.7 Å². The van der Waals surface area contributed by atoms with Gasteiger partial charge in [-0.1, -0.05) is 45.4 Å². The average Bonchev–Trinajstić information content (AvgIpc) is 2.32. The Morgan fingerprint density at radius 1 is 1.00 bits per heavy atom. The van der Waals surface area contributed by atoms with Gasteiger partial charge in [-0.15, -0.1) is 0 Å². The van der Waals surface area contributed by atoms with Crippen molar-refractivity contribution in [2.75, 3.05) is 12.4 Å². The Hall–Kier alpha value is -0.130. The maximum Gasteiger partial charge on any atom is 0.209 e. The monoisotopic (exact) mass is 293 g/mol. The Balaban J connectivity index is 3.25. The lowest BCUT2D eigenvalue weighted by Gasteiger charge is -2.12. The summed E-state index contributed by atoms with van der Waals surface area (Å²) in [6.45, 7) is 5.13. The van der Waals surface area contributed by atoms with Gasteiger partial charge in [0.05, 0.1) is 11.9 Å². The molecule has 0 rings (SSSR count). The van der Waals surface area contributed by atoms with Crippen molar-refractivity contribution < 1.29 is 13.2 Å². The van der Waals surface area contributed by atoms with E-state index in [1.165, 1.54) is 25.7 Å². The summed E-state index contributed by atoms with van der Waals surface area (Å²) < 4.78 is 27.1. The standard InChI is InChI=1S/C14H31NO3S/c1-3-4-5-8-11-14(2)18-12-9-6-7-10-13-19(15,16)17/h14H,3-13H2,1-2H3,(H2,15,16,17). The van der Waals surface area contributed by atoms with Crippen LogP contribution in [0.4, 0.5) is 0 Å². The van der Waals surface area contributed by atoms with Crippen LogP contribution in [-0.2, 0) is 14.8 Å². The summed E-state index contributed by atoms with van der Waals surface area (Å²) in [7, 11) is -3.28. The van der Waals surface area contributed by atoms with Crippen molar-refractivity contribution in [1.29, 1.82) is 0 Å². The summed E-state index contributed by atoms with van der Waals surface area (Å²) in [5, 5.41) is 4.93. The fraction of sp³-hybridized carbons (Fsp3) is 1.00. The maximum absolute atomic E-state index is 10.7. The second-order valence-corrected chi connectivity index (χ2v) is 7.05. The predicted octanol–water partition coefficient (Wildman–Crippen LogP) is 3.21. The SMILES string of the molecule is CCCCCCC(C)OCCCCCCS(N)(=O)=O. The summed E-state index contributed by atoms with van der Waals surface area (Å²) in [4.78, 5) is 0. The zero-order chi connectivity index (χ0) is 14.6. The van der Waals surface area contributed by atoms with E-state index < -0.39 is 10.0 Å². The molecule has 1 atom stereocenters. The van der Waals surface area contributed by atoms with Crippen molar-refractivity contribution >= 4 is 10.0 Å². The number of hydrogen-bond acceptors (Lipinski definition) is 3. The normalized spacial score (nSPS) is 13.6. The molecule has 0 aliphatic carbocycles. The smallest absolute Gasteiger partial charge is 0.209 e. The lowest BCUT2D eigenvalue weighted by atomic mass is 10.1. The summed E-state index contributed by atoms with van der Waals surface area (Å²) in [5.41, 5.74) is 0. The van der Waals surface area contributed by atoms with Gasteiger partial charge < -0.3 is 4.74 Å². The van der Waals surface area contributed by atoms with Crippen LogP contribution in [0.25, 0.3) is 0 Å². The Bertz CT molecular complexity index is 291. The topological polar surface area (TPSA) is 69.4 Å². The highest BCUT2D eigenvalue weighted by molar-refractivity contribution is 7.89. The Morgan fingerprint density at radius 2 is 1.63 bits per heavy atom. The molecule has 0 aromatic carbocycles. The van der Waals surface area contributed by atoms with Gasteiger partial charge in [-0.05, 0) is 26.2 Å². The molecule has 0 saturated carbocycles. The minimum atomic E-state index is -3.28. The van der Waals surface area contributed by atoms with E-state index in [4.69, 9.17) is 9.88 Å². The number of ether oxygens (including phenoxy) is 1. The minimum absolute atomic E-state index is 0.0989.